The van der Waals surface area contributed by atoms with Crippen molar-refractivity contribution in [3.63, 3.8) is 0 Å². The van der Waals surface area contributed by atoms with E-state index in [2.05, 4.69) is 16.5 Å². The van der Waals surface area contributed by atoms with Crippen LogP contribution in [0, 0.1) is 0 Å². The second-order valence-corrected chi connectivity index (χ2v) is 4.88. The summed E-state index contributed by atoms with van der Waals surface area (Å²) in [6, 6.07) is 0. The highest BCUT2D eigenvalue weighted by Gasteiger charge is 1.96. The van der Waals surface area contributed by atoms with E-state index in [4.69, 9.17) is 4.55 Å². The first-order valence-electron chi connectivity index (χ1n) is 2.66. The van der Waals surface area contributed by atoms with Gasteiger partial charge in [0.2, 0.25) is 0 Å². The summed E-state index contributed by atoms with van der Waals surface area (Å²) in [5, 5.41) is 2.86. The molecule has 0 heterocycles. The van der Waals surface area contributed by atoms with E-state index in [-0.39, 0.29) is 5.75 Å². The summed E-state index contributed by atoms with van der Waals surface area (Å²) in [6.45, 7) is 0.744. The molecule has 0 aliphatic heterocycles. The van der Waals surface area contributed by atoms with Crippen molar-refractivity contribution in [3.05, 3.63) is 0 Å². The Morgan fingerprint density at radius 3 is 2.67 bits per heavy atom. The SMILES string of the molecule is CNCCCS(=O)(O)=S. The Bertz CT molecular complexity index is 152. The zero-order valence-electron chi connectivity index (χ0n) is 5.29. The average Bonchev–Trinajstić information content (AvgIpc) is 1.63. The van der Waals surface area contributed by atoms with Crippen LogP contribution in [0.15, 0.2) is 0 Å². The third-order valence-electron chi connectivity index (χ3n) is 0.829. The van der Waals surface area contributed by atoms with Gasteiger partial charge in [-0.3, -0.25) is 0 Å². The monoisotopic (exact) mass is 169 g/mol. The zero-order chi connectivity index (χ0) is 7.33. The lowest BCUT2D eigenvalue weighted by molar-refractivity contribution is 0.558. The summed E-state index contributed by atoms with van der Waals surface area (Å²) < 4.78 is 19.0. The molecule has 56 valence electrons. The summed E-state index contributed by atoms with van der Waals surface area (Å²) >= 11 is 4.25. The first-order chi connectivity index (χ1) is 4.06. The number of hydrogen-bond acceptors (Lipinski definition) is 3. The normalized spacial score (nSPS) is 17.1. The second kappa shape index (κ2) is 4.16. The van der Waals surface area contributed by atoms with E-state index in [1.165, 1.54) is 0 Å². The predicted octanol–water partition coefficient (Wildman–Crippen LogP) is -0.185. The molecule has 0 aromatic heterocycles. The molecule has 0 spiro atoms. The minimum absolute atomic E-state index is 0.211. The van der Waals surface area contributed by atoms with E-state index < -0.39 is 8.77 Å². The standard InChI is InChI=1S/C4H11NO2S2/c1-5-3-2-4-9(6,7)8/h5H,2-4H2,1H3,(H,6,7,8). The van der Waals surface area contributed by atoms with E-state index in [1.54, 1.807) is 7.05 Å². The molecule has 3 nitrogen and oxygen atoms in total. The summed E-state index contributed by atoms with van der Waals surface area (Å²) in [6.07, 6.45) is 0.662. The van der Waals surface area contributed by atoms with E-state index in [9.17, 15) is 4.21 Å². The largest absolute Gasteiger partial charge is 0.320 e. The van der Waals surface area contributed by atoms with Crippen LogP contribution in [0.4, 0.5) is 0 Å². The molecule has 0 bridgehead atoms. The van der Waals surface area contributed by atoms with Crippen molar-refractivity contribution in [2.45, 2.75) is 6.42 Å². The van der Waals surface area contributed by atoms with Crippen LogP contribution in [-0.4, -0.2) is 28.1 Å². The van der Waals surface area contributed by atoms with Crippen LogP contribution in [-0.2, 0) is 20.0 Å². The molecule has 0 aliphatic carbocycles. The number of nitrogens with one attached hydrogen (secondary N) is 1. The molecular formula is C4H11NO2S2. The van der Waals surface area contributed by atoms with Gasteiger partial charge in [0, 0.05) is 11.2 Å². The fourth-order valence-electron chi connectivity index (χ4n) is 0.431. The van der Waals surface area contributed by atoms with E-state index in [0.29, 0.717) is 6.42 Å². The molecule has 1 unspecified atom stereocenters. The second-order valence-electron chi connectivity index (χ2n) is 1.74. The Hall–Kier alpha value is 0.290. The van der Waals surface area contributed by atoms with Crippen LogP contribution in [0.2, 0.25) is 0 Å². The summed E-state index contributed by atoms with van der Waals surface area (Å²) in [4.78, 5) is 0. The molecule has 1 atom stereocenters. The van der Waals surface area contributed by atoms with Crippen LogP contribution in [0.3, 0.4) is 0 Å². The van der Waals surface area contributed by atoms with Crippen molar-refractivity contribution in [2.75, 3.05) is 19.3 Å². The van der Waals surface area contributed by atoms with Gasteiger partial charge in [0.1, 0.15) is 8.77 Å². The van der Waals surface area contributed by atoms with Gasteiger partial charge >= 0.3 is 0 Å². The van der Waals surface area contributed by atoms with Gasteiger partial charge in [-0.25, -0.2) is 4.21 Å². The van der Waals surface area contributed by atoms with Gasteiger partial charge in [-0.2, -0.15) is 0 Å². The lowest BCUT2D eigenvalue weighted by Crippen LogP contribution is -2.12. The maximum Gasteiger partial charge on any atom is 0.141 e. The fourth-order valence-corrected chi connectivity index (χ4v) is 1.29. The molecule has 2 N–H and O–H groups in total. The molecule has 0 saturated carbocycles. The quantitative estimate of drug-likeness (QED) is 0.573. The molecule has 0 aliphatic rings. The van der Waals surface area contributed by atoms with Crippen molar-refractivity contribution >= 4 is 20.0 Å². The number of rotatable bonds is 4. The van der Waals surface area contributed by atoms with Crippen LogP contribution >= 0.6 is 0 Å². The van der Waals surface area contributed by atoms with E-state index in [1.807, 2.05) is 0 Å². The fraction of sp³-hybridized carbons (Fsp3) is 1.00. The Labute approximate surface area is 60.3 Å². The van der Waals surface area contributed by atoms with Crippen LogP contribution < -0.4 is 5.32 Å². The molecule has 0 rings (SSSR count). The van der Waals surface area contributed by atoms with Crippen molar-refractivity contribution in [1.29, 1.82) is 0 Å². The highest BCUT2D eigenvalue weighted by Crippen LogP contribution is 1.86. The average molecular weight is 169 g/mol. The molecule has 0 amide bonds. The molecule has 0 saturated heterocycles. The minimum Gasteiger partial charge on any atom is -0.320 e. The molecule has 0 aromatic rings. The highest BCUT2D eigenvalue weighted by atomic mass is 32.8. The lowest BCUT2D eigenvalue weighted by atomic mass is 10.5. The molecule has 0 fully saturated rings. The van der Waals surface area contributed by atoms with Crippen molar-refractivity contribution < 1.29 is 8.76 Å². The van der Waals surface area contributed by atoms with Crippen molar-refractivity contribution in [1.82, 2.24) is 5.32 Å². The van der Waals surface area contributed by atoms with Gasteiger partial charge in [-0.15, -0.1) is 0 Å². The molecular weight excluding hydrogens is 158 g/mol. The predicted molar refractivity (Wildman–Crippen MR) is 41.5 cm³/mol. The lowest BCUT2D eigenvalue weighted by Gasteiger charge is -1.97. The molecule has 5 heteroatoms. The maximum absolute atomic E-state index is 10.4. The Morgan fingerprint density at radius 1 is 1.78 bits per heavy atom. The van der Waals surface area contributed by atoms with Gasteiger partial charge in [0.25, 0.3) is 0 Å². The summed E-state index contributed by atoms with van der Waals surface area (Å²) in [7, 11) is -1.11. The van der Waals surface area contributed by atoms with E-state index in [0.717, 1.165) is 6.54 Å². The third kappa shape index (κ3) is 8.29. The van der Waals surface area contributed by atoms with Crippen LogP contribution in [0.1, 0.15) is 6.42 Å². The summed E-state index contributed by atoms with van der Waals surface area (Å²) in [5.41, 5.74) is 0. The Morgan fingerprint density at radius 2 is 2.33 bits per heavy atom. The van der Waals surface area contributed by atoms with Gasteiger partial charge in [-0.1, -0.05) is 0 Å². The smallest absolute Gasteiger partial charge is 0.141 e. The molecule has 0 aromatic carbocycles. The van der Waals surface area contributed by atoms with Crippen molar-refractivity contribution in [2.24, 2.45) is 0 Å². The Balaban J connectivity index is 3.30. The topological polar surface area (TPSA) is 49.3 Å². The molecule has 0 radical (unpaired) electrons. The number of hydrogen-bond donors (Lipinski definition) is 2. The first-order valence-corrected chi connectivity index (χ1v) is 5.27. The van der Waals surface area contributed by atoms with Gasteiger partial charge in [-0.05, 0) is 20.0 Å². The van der Waals surface area contributed by atoms with Gasteiger partial charge in [0.05, 0.1) is 5.75 Å². The first kappa shape index (κ1) is 9.29. The van der Waals surface area contributed by atoms with E-state index >= 15 is 0 Å². The molecule has 9 heavy (non-hydrogen) atoms. The third-order valence-corrected chi connectivity index (χ3v) is 2.13. The highest BCUT2D eigenvalue weighted by molar-refractivity contribution is 8.29. The zero-order valence-corrected chi connectivity index (χ0v) is 6.93. The van der Waals surface area contributed by atoms with Gasteiger partial charge in [0.15, 0.2) is 0 Å². The minimum atomic E-state index is -2.90. The van der Waals surface area contributed by atoms with Gasteiger partial charge < -0.3 is 9.87 Å². The summed E-state index contributed by atoms with van der Waals surface area (Å²) in [5.74, 6) is 0.211. The maximum atomic E-state index is 10.4. The Kier molecular flexibility index (Phi) is 4.29. The van der Waals surface area contributed by atoms with Crippen LogP contribution in [0.5, 0.6) is 0 Å². The van der Waals surface area contributed by atoms with Crippen molar-refractivity contribution in [3.8, 4) is 0 Å². The van der Waals surface area contributed by atoms with Crippen LogP contribution in [0.25, 0.3) is 0 Å².